The lowest BCUT2D eigenvalue weighted by Crippen LogP contribution is -2.31. The Morgan fingerprint density at radius 1 is 1.10 bits per heavy atom. The standard InChI is InChI=1S/C22H28N4O4/c1-29-13-5-12-25-20-18(21(27)24-22(25)28)26(19(23-20)16-6-3-4-7-16)14-15-8-10-17(30-2)11-9-15/h8-11,16H,3-7,12-14H2,1-2H3,(H,24,27,28). The van der Waals surface area contributed by atoms with E-state index in [0.717, 1.165) is 42.8 Å². The lowest BCUT2D eigenvalue weighted by molar-refractivity contribution is 0.190. The third-order valence-corrected chi connectivity index (χ3v) is 5.87. The second-order valence-electron chi connectivity index (χ2n) is 7.82. The van der Waals surface area contributed by atoms with Crippen LogP contribution in [0.3, 0.4) is 0 Å². The number of hydrogen-bond donors (Lipinski definition) is 1. The van der Waals surface area contributed by atoms with Crippen LogP contribution in [-0.4, -0.2) is 39.9 Å². The molecular weight excluding hydrogens is 384 g/mol. The normalized spacial score (nSPS) is 14.6. The van der Waals surface area contributed by atoms with Gasteiger partial charge in [0.25, 0.3) is 5.56 Å². The lowest BCUT2D eigenvalue weighted by Gasteiger charge is -2.13. The SMILES string of the molecule is COCCCn1c(=O)[nH]c(=O)c2c1nc(C1CCCC1)n2Cc1ccc(OC)cc1. The first-order valence-electron chi connectivity index (χ1n) is 10.5. The van der Waals surface area contributed by atoms with Crippen LogP contribution >= 0.6 is 0 Å². The van der Waals surface area contributed by atoms with Crippen molar-refractivity contribution in [3.63, 3.8) is 0 Å². The Morgan fingerprint density at radius 3 is 2.50 bits per heavy atom. The minimum absolute atomic E-state index is 0.303. The molecule has 0 spiro atoms. The summed E-state index contributed by atoms with van der Waals surface area (Å²) in [5, 5.41) is 0. The smallest absolute Gasteiger partial charge is 0.330 e. The van der Waals surface area contributed by atoms with Gasteiger partial charge < -0.3 is 14.0 Å². The molecule has 8 heteroatoms. The van der Waals surface area contributed by atoms with Gasteiger partial charge in [-0.25, -0.2) is 9.78 Å². The van der Waals surface area contributed by atoms with Crippen LogP contribution in [0.4, 0.5) is 0 Å². The van der Waals surface area contributed by atoms with E-state index in [1.807, 2.05) is 28.8 Å². The van der Waals surface area contributed by atoms with Gasteiger partial charge in [0.1, 0.15) is 11.6 Å². The Kier molecular flexibility index (Phi) is 6.03. The van der Waals surface area contributed by atoms with E-state index in [-0.39, 0.29) is 5.56 Å². The van der Waals surface area contributed by atoms with E-state index in [0.29, 0.717) is 43.2 Å². The van der Waals surface area contributed by atoms with Crippen molar-refractivity contribution in [2.24, 2.45) is 0 Å². The molecule has 2 heterocycles. The van der Waals surface area contributed by atoms with Crippen molar-refractivity contribution in [3.05, 3.63) is 56.5 Å². The summed E-state index contributed by atoms with van der Waals surface area (Å²) < 4.78 is 13.9. The Hall–Kier alpha value is -2.87. The van der Waals surface area contributed by atoms with E-state index < -0.39 is 5.69 Å². The molecule has 1 aliphatic carbocycles. The van der Waals surface area contributed by atoms with Crippen LogP contribution in [0.15, 0.2) is 33.9 Å². The average molecular weight is 412 g/mol. The largest absolute Gasteiger partial charge is 0.497 e. The molecule has 0 amide bonds. The van der Waals surface area contributed by atoms with Gasteiger partial charge in [0, 0.05) is 32.7 Å². The number of ether oxygens (including phenoxy) is 2. The second-order valence-corrected chi connectivity index (χ2v) is 7.82. The molecule has 1 N–H and O–H groups in total. The number of nitrogens with zero attached hydrogens (tertiary/aromatic N) is 3. The summed E-state index contributed by atoms with van der Waals surface area (Å²) >= 11 is 0. The van der Waals surface area contributed by atoms with E-state index in [2.05, 4.69) is 4.98 Å². The van der Waals surface area contributed by atoms with Gasteiger partial charge in [-0.05, 0) is 37.0 Å². The van der Waals surface area contributed by atoms with Gasteiger partial charge in [0.2, 0.25) is 0 Å². The molecule has 8 nitrogen and oxygen atoms in total. The number of fused-ring (bicyclic) bond motifs is 1. The maximum atomic E-state index is 12.8. The lowest BCUT2D eigenvalue weighted by atomic mass is 10.1. The number of methoxy groups -OCH3 is 2. The summed E-state index contributed by atoms with van der Waals surface area (Å²) in [7, 11) is 3.27. The summed E-state index contributed by atoms with van der Waals surface area (Å²) in [5.41, 5.74) is 1.17. The number of hydrogen-bond acceptors (Lipinski definition) is 5. The molecule has 0 radical (unpaired) electrons. The van der Waals surface area contributed by atoms with Crippen molar-refractivity contribution in [2.75, 3.05) is 20.8 Å². The molecule has 4 rings (SSSR count). The van der Waals surface area contributed by atoms with E-state index in [9.17, 15) is 9.59 Å². The number of aromatic nitrogens is 4. The average Bonchev–Trinajstić information content (AvgIpc) is 3.39. The van der Waals surface area contributed by atoms with Crippen LogP contribution in [0.25, 0.3) is 11.2 Å². The van der Waals surface area contributed by atoms with Crippen molar-refractivity contribution in [1.29, 1.82) is 0 Å². The van der Waals surface area contributed by atoms with E-state index in [1.165, 1.54) is 0 Å². The van der Waals surface area contributed by atoms with Crippen molar-refractivity contribution in [1.82, 2.24) is 19.1 Å². The zero-order valence-corrected chi connectivity index (χ0v) is 17.5. The summed E-state index contributed by atoms with van der Waals surface area (Å²) in [6.07, 6.45) is 5.10. The fourth-order valence-corrected chi connectivity index (χ4v) is 4.33. The molecule has 0 unspecified atom stereocenters. The monoisotopic (exact) mass is 412 g/mol. The molecule has 3 aromatic rings. The van der Waals surface area contributed by atoms with Crippen molar-refractivity contribution in [3.8, 4) is 5.75 Å². The number of aromatic amines is 1. The zero-order chi connectivity index (χ0) is 21.1. The van der Waals surface area contributed by atoms with E-state index in [1.54, 1.807) is 18.8 Å². The molecule has 0 aliphatic heterocycles. The molecule has 1 aromatic carbocycles. The molecule has 1 fully saturated rings. The summed E-state index contributed by atoms with van der Waals surface area (Å²) in [5.74, 6) is 1.99. The predicted molar refractivity (Wildman–Crippen MR) is 114 cm³/mol. The van der Waals surface area contributed by atoms with E-state index >= 15 is 0 Å². The quantitative estimate of drug-likeness (QED) is 0.575. The zero-order valence-electron chi connectivity index (χ0n) is 17.5. The second kappa shape index (κ2) is 8.87. The summed E-state index contributed by atoms with van der Waals surface area (Å²) in [4.78, 5) is 32.7. The fraction of sp³-hybridized carbons (Fsp3) is 0.500. The topological polar surface area (TPSA) is 91.1 Å². The van der Waals surface area contributed by atoms with Crippen LogP contribution < -0.4 is 16.0 Å². The van der Waals surface area contributed by atoms with Crippen LogP contribution in [-0.2, 0) is 17.8 Å². The molecule has 30 heavy (non-hydrogen) atoms. The Labute approximate surface area is 174 Å². The van der Waals surface area contributed by atoms with Gasteiger partial charge in [0.15, 0.2) is 11.2 Å². The molecule has 0 saturated heterocycles. The highest BCUT2D eigenvalue weighted by atomic mass is 16.5. The maximum absolute atomic E-state index is 12.8. The third kappa shape index (κ3) is 3.92. The number of nitrogens with one attached hydrogen (secondary N) is 1. The molecule has 160 valence electrons. The molecular formula is C22H28N4O4. The number of aryl methyl sites for hydroxylation is 1. The van der Waals surface area contributed by atoms with E-state index in [4.69, 9.17) is 14.5 Å². The van der Waals surface area contributed by atoms with Gasteiger partial charge >= 0.3 is 5.69 Å². The minimum Gasteiger partial charge on any atom is -0.497 e. The van der Waals surface area contributed by atoms with Crippen LogP contribution in [0.5, 0.6) is 5.75 Å². The summed E-state index contributed by atoms with van der Waals surface area (Å²) in [6, 6.07) is 7.81. The van der Waals surface area contributed by atoms with Gasteiger partial charge in [-0.15, -0.1) is 0 Å². The molecule has 1 aliphatic rings. The highest BCUT2D eigenvalue weighted by Crippen LogP contribution is 2.35. The molecule has 0 atom stereocenters. The van der Waals surface area contributed by atoms with Crippen LogP contribution in [0, 0.1) is 0 Å². The highest BCUT2D eigenvalue weighted by molar-refractivity contribution is 5.71. The Balaban J connectivity index is 1.84. The van der Waals surface area contributed by atoms with Crippen molar-refractivity contribution in [2.45, 2.75) is 51.1 Å². The molecule has 2 aromatic heterocycles. The molecule has 1 saturated carbocycles. The van der Waals surface area contributed by atoms with Gasteiger partial charge in [-0.1, -0.05) is 25.0 Å². The first-order valence-corrected chi connectivity index (χ1v) is 10.5. The van der Waals surface area contributed by atoms with Crippen molar-refractivity contribution < 1.29 is 9.47 Å². The summed E-state index contributed by atoms with van der Waals surface area (Å²) in [6.45, 7) is 1.50. The van der Waals surface area contributed by atoms with Gasteiger partial charge in [-0.2, -0.15) is 0 Å². The first kappa shape index (κ1) is 20.4. The predicted octanol–water partition coefficient (Wildman–Crippen LogP) is 2.64. The van der Waals surface area contributed by atoms with Crippen LogP contribution in [0.1, 0.15) is 49.4 Å². The first-order chi connectivity index (χ1) is 14.6. The van der Waals surface area contributed by atoms with Crippen molar-refractivity contribution >= 4 is 11.2 Å². The van der Waals surface area contributed by atoms with Gasteiger partial charge in [-0.3, -0.25) is 14.3 Å². The van der Waals surface area contributed by atoms with Crippen LogP contribution in [0.2, 0.25) is 0 Å². The fourth-order valence-electron chi connectivity index (χ4n) is 4.33. The maximum Gasteiger partial charge on any atom is 0.330 e. The number of benzene rings is 1. The number of rotatable bonds is 8. The number of imidazole rings is 1. The Bertz CT molecular complexity index is 1120. The number of H-pyrrole nitrogens is 1. The third-order valence-electron chi connectivity index (χ3n) is 5.87. The molecule has 0 bridgehead atoms. The van der Waals surface area contributed by atoms with Gasteiger partial charge in [0.05, 0.1) is 7.11 Å². The Morgan fingerprint density at radius 2 is 1.83 bits per heavy atom. The highest BCUT2D eigenvalue weighted by Gasteiger charge is 2.26. The minimum atomic E-state index is -0.421.